The quantitative estimate of drug-likeness (QED) is 0.738. The summed E-state index contributed by atoms with van der Waals surface area (Å²) in [6, 6.07) is 1.72. The summed E-state index contributed by atoms with van der Waals surface area (Å²) in [5.74, 6) is -0.257. The minimum Gasteiger partial charge on any atom is -0.381 e. The molecule has 2 saturated heterocycles. The molecule has 1 unspecified atom stereocenters. The lowest BCUT2D eigenvalue weighted by Gasteiger charge is -2.30. The number of ether oxygens (including phenoxy) is 1. The van der Waals surface area contributed by atoms with E-state index in [1.54, 1.807) is 0 Å². The number of carbonyl (C=O) groups excluding carboxylic acids is 1. The summed E-state index contributed by atoms with van der Waals surface area (Å²) in [5.41, 5.74) is -1.05. The molecule has 100 valence electrons. The van der Waals surface area contributed by atoms with Crippen LogP contribution in [0.3, 0.4) is 0 Å². The zero-order valence-corrected chi connectivity index (χ0v) is 10.8. The number of hydrogen-bond donors (Lipinski definition) is 1. The first-order chi connectivity index (χ1) is 8.47. The minimum absolute atomic E-state index is 0.0171. The number of amides is 1. The van der Waals surface area contributed by atoms with Gasteiger partial charge in [-0.2, -0.15) is 5.26 Å². The fourth-order valence-electron chi connectivity index (χ4n) is 2.34. The molecule has 0 bridgehead atoms. The number of carbonyl (C=O) groups is 1. The van der Waals surface area contributed by atoms with Gasteiger partial charge in [-0.3, -0.25) is 4.79 Å². The highest BCUT2D eigenvalue weighted by Gasteiger charge is 2.42. The fourth-order valence-corrected chi connectivity index (χ4v) is 4.02. The van der Waals surface area contributed by atoms with Crippen LogP contribution in [0.4, 0.5) is 0 Å². The van der Waals surface area contributed by atoms with Crippen molar-refractivity contribution in [3.8, 4) is 6.07 Å². The van der Waals surface area contributed by atoms with E-state index < -0.39 is 15.3 Å². The third-order valence-corrected chi connectivity index (χ3v) is 5.33. The molecule has 2 fully saturated rings. The summed E-state index contributed by atoms with van der Waals surface area (Å²) in [6.07, 6.45) is 1.18. The number of nitrogens with one attached hydrogen (secondary N) is 1. The summed E-state index contributed by atoms with van der Waals surface area (Å²) in [6.45, 7) is 0.786. The molecule has 0 radical (unpaired) electrons. The van der Waals surface area contributed by atoms with Gasteiger partial charge in [0.2, 0.25) is 5.91 Å². The molecule has 7 heteroatoms. The summed E-state index contributed by atoms with van der Waals surface area (Å²) in [4.78, 5) is 12.1. The highest BCUT2D eigenvalue weighted by atomic mass is 32.2. The number of hydrogen-bond acceptors (Lipinski definition) is 5. The van der Waals surface area contributed by atoms with E-state index in [0.29, 0.717) is 32.5 Å². The van der Waals surface area contributed by atoms with E-state index in [-0.39, 0.29) is 23.5 Å². The second kappa shape index (κ2) is 4.86. The standard InChI is InChI=1S/C11H16N2O4S/c12-8-11(2-4-17-5-3-11)10(14)13-9-1-6-18(15,16)7-9/h9H,1-7H2,(H,13,14). The van der Waals surface area contributed by atoms with Crippen LogP contribution in [-0.2, 0) is 19.4 Å². The van der Waals surface area contributed by atoms with E-state index in [1.165, 1.54) is 0 Å². The zero-order valence-electron chi connectivity index (χ0n) is 10.0. The lowest BCUT2D eigenvalue weighted by atomic mass is 9.80. The third kappa shape index (κ3) is 2.65. The van der Waals surface area contributed by atoms with Gasteiger partial charge in [-0.25, -0.2) is 8.42 Å². The Kier molecular flexibility index (Phi) is 3.59. The summed E-state index contributed by atoms with van der Waals surface area (Å²) >= 11 is 0. The van der Waals surface area contributed by atoms with Crippen molar-refractivity contribution in [3.05, 3.63) is 0 Å². The number of nitrogens with zero attached hydrogens (tertiary/aromatic N) is 1. The summed E-state index contributed by atoms with van der Waals surface area (Å²) in [7, 11) is -3.02. The Balaban J connectivity index is 2.01. The van der Waals surface area contributed by atoms with E-state index in [1.807, 2.05) is 0 Å². The molecule has 2 aliphatic rings. The average molecular weight is 272 g/mol. The van der Waals surface area contributed by atoms with Gasteiger partial charge in [0.15, 0.2) is 9.84 Å². The molecule has 1 N–H and O–H groups in total. The van der Waals surface area contributed by atoms with Crippen LogP contribution in [0.15, 0.2) is 0 Å². The lowest BCUT2D eigenvalue weighted by Crippen LogP contribution is -2.47. The van der Waals surface area contributed by atoms with Crippen LogP contribution in [0.2, 0.25) is 0 Å². The maximum atomic E-state index is 12.1. The van der Waals surface area contributed by atoms with Crippen molar-refractivity contribution in [1.82, 2.24) is 5.32 Å². The van der Waals surface area contributed by atoms with Crippen molar-refractivity contribution in [1.29, 1.82) is 5.26 Å². The molecule has 0 aromatic heterocycles. The van der Waals surface area contributed by atoms with Crippen LogP contribution in [0.1, 0.15) is 19.3 Å². The van der Waals surface area contributed by atoms with Crippen molar-refractivity contribution in [3.63, 3.8) is 0 Å². The molecule has 2 heterocycles. The zero-order chi connectivity index (χ0) is 13.2. The van der Waals surface area contributed by atoms with Crippen molar-refractivity contribution in [2.24, 2.45) is 5.41 Å². The minimum atomic E-state index is -3.02. The highest BCUT2D eigenvalue weighted by Crippen LogP contribution is 2.30. The van der Waals surface area contributed by atoms with Crippen LogP contribution < -0.4 is 5.32 Å². The molecule has 0 aromatic rings. The van der Waals surface area contributed by atoms with Crippen LogP contribution in [0, 0.1) is 16.7 Å². The van der Waals surface area contributed by atoms with Crippen LogP contribution in [-0.4, -0.2) is 45.1 Å². The number of rotatable bonds is 2. The Morgan fingerprint density at radius 2 is 2.06 bits per heavy atom. The van der Waals surface area contributed by atoms with Gasteiger partial charge >= 0.3 is 0 Å². The van der Waals surface area contributed by atoms with Gasteiger partial charge in [0.25, 0.3) is 0 Å². The normalized spacial score (nSPS) is 29.4. The topological polar surface area (TPSA) is 96.3 Å². The molecule has 18 heavy (non-hydrogen) atoms. The smallest absolute Gasteiger partial charge is 0.240 e. The molecule has 0 saturated carbocycles. The maximum Gasteiger partial charge on any atom is 0.240 e. The first-order valence-electron chi connectivity index (χ1n) is 5.98. The first kappa shape index (κ1) is 13.3. The SMILES string of the molecule is N#CC1(C(=O)NC2CCS(=O)(=O)C2)CCOCC1. The van der Waals surface area contributed by atoms with E-state index in [4.69, 9.17) is 4.74 Å². The van der Waals surface area contributed by atoms with E-state index in [2.05, 4.69) is 11.4 Å². The Hall–Kier alpha value is -1.13. The van der Waals surface area contributed by atoms with E-state index >= 15 is 0 Å². The molecule has 0 spiro atoms. The van der Waals surface area contributed by atoms with Gasteiger partial charge in [-0.05, 0) is 19.3 Å². The lowest BCUT2D eigenvalue weighted by molar-refractivity contribution is -0.132. The molecule has 2 rings (SSSR count). The van der Waals surface area contributed by atoms with E-state index in [0.717, 1.165) is 0 Å². The second-order valence-corrected chi connectivity index (χ2v) is 7.11. The molecule has 0 aliphatic carbocycles. The average Bonchev–Trinajstić information content (AvgIpc) is 2.69. The summed E-state index contributed by atoms with van der Waals surface area (Å²) < 4.78 is 27.8. The highest BCUT2D eigenvalue weighted by molar-refractivity contribution is 7.91. The van der Waals surface area contributed by atoms with Gasteiger partial charge in [0.1, 0.15) is 5.41 Å². The number of nitriles is 1. The van der Waals surface area contributed by atoms with Gasteiger partial charge in [0.05, 0.1) is 17.6 Å². The Morgan fingerprint density at radius 3 is 2.56 bits per heavy atom. The molecule has 0 aromatic carbocycles. The van der Waals surface area contributed by atoms with Crippen molar-refractivity contribution < 1.29 is 17.9 Å². The Labute approximate surface area is 106 Å². The first-order valence-corrected chi connectivity index (χ1v) is 7.80. The predicted molar refractivity (Wildman–Crippen MR) is 63.3 cm³/mol. The summed E-state index contributed by atoms with van der Waals surface area (Å²) in [5, 5.41) is 11.9. The monoisotopic (exact) mass is 272 g/mol. The third-order valence-electron chi connectivity index (χ3n) is 3.56. The van der Waals surface area contributed by atoms with Crippen molar-refractivity contribution in [2.75, 3.05) is 24.7 Å². The van der Waals surface area contributed by atoms with Crippen molar-refractivity contribution >= 4 is 15.7 Å². The Bertz CT molecular complexity index is 474. The molecular weight excluding hydrogens is 256 g/mol. The van der Waals surface area contributed by atoms with Crippen molar-refractivity contribution in [2.45, 2.75) is 25.3 Å². The van der Waals surface area contributed by atoms with Crippen LogP contribution in [0.25, 0.3) is 0 Å². The predicted octanol–water partition coefficient (Wildman–Crippen LogP) is -0.390. The van der Waals surface area contributed by atoms with Gasteiger partial charge in [-0.15, -0.1) is 0 Å². The van der Waals surface area contributed by atoms with Gasteiger partial charge < -0.3 is 10.1 Å². The molecule has 6 nitrogen and oxygen atoms in total. The van der Waals surface area contributed by atoms with Gasteiger partial charge in [0, 0.05) is 19.3 Å². The van der Waals surface area contributed by atoms with Crippen LogP contribution >= 0.6 is 0 Å². The van der Waals surface area contributed by atoms with Crippen LogP contribution in [0.5, 0.6) is 0 Å². The molecule has 1 atom stereocenters. The second-order valence-electron chi connectivity index (χ2n) is 4.88. The fraction of sp³-hybridized carbons (Fsp3) is 0.818. The van der Waals surface area contributed by atoms with E-state index in [9.17, 15) is 18.5 Å². The molecular formula is C11H16N2O4S. The maximum absolute atomic E-state index is 12.1. The molecule has 2 aliphatic heterocycles. The largest absolute Gasteiger partial charge is 0.381 e. The Morgan fingerprint density at radius 1 is 1.39 bits per heavy atom. The molecule has 1 amide bonds. The van der Waals surface area contributed by atoms with Gasteiger partial charge in [-0.1, -0.05) is 0 Å². The number of sulfone groups is 1.